The summed E-state index contributed by atoms with van der Waals surface area (Å²) in [5.74, 6) is 0. The minimum atomic E-state index is 0.854. The molecule has 0 saturated carbocycles. The summed E-state index contributed by atoms with van der Waals surface area (Å²) in [6, 6.07) is 78.1. The fourth-order valence-corrected chi connectivity index (χ4v) is 9.69. The van der Waals surface area contributed by atoms with Crippen LogP contribution in [0.25, 0.3) is 104 Å². The van der Waals surface area contributed by atoms with Crippen LogP contribution in [-0.4, -0.2) is 4.57 Å². The largest absolute Gasteiger partial charge is 0.456 e. The first-order chi connectivity index (χ1) is 30.7. The molecule has 0 unspecified atom stereocenters. The monoisotopic (exact) mass is 792 g/mol. The Morgan fingerprint density at radius 2 is 1.00 bits per heavy atom. The van der Waals surface area contributed by atoms with E-state index in [9.17, 15) is 0 Å². The summed E-state index contributed by atoms with van der Waals surface area (Å²) in [5, 5.41) is 9.14. The van der Waals surface area contributed by atoms with Crippen LogP contribution in [0.15, 0.2) is 227 Å². The molecule has 0 aliphatic heterocycles. The van der Waals surface area contributed by atoms with Gasteiger partial charge in [-0.1, -0.05) is 127 Å². The Morgan fingerprint density at radius 1 is 0.339 bits per heavy atom. The lowest BCUT2D eigenvalue weighted by Crippen LogP contribution is -2.10. The number of benzene rings is 10. The Hall–Kier alpha value is -8.34. The van der Waals surface area contributed by atoms with Crippen molar-refractivity contribution in [2.75, 3.05) is 4.90 Å². The van der Waals surface area contributed by atoms with Gasteiger partial charge >= 0.3 is 0 Å². The van der Waals surface area contributed by atoms with Crippen LogP contribution < -0.4 is 4.90 Å². The molecule has 0 aliphatic rings. The van der Waals surface area contributed by atoms with Crippen molar-refractivity contribution >= 4 is 93.5 Å². The van der Waals surface area contributed by atoms with Crippen LogP contribution in [-0.2, 0) is 0 Å². The molecule has 0 spiro atoms. The number of aromatic nitrogens is 1. The average Bonchev–Trinajstić information content (AvgIpc) is 4.02. The van der Waals surface area contributed by atoms with Gasteiger partial charge in [-0.15, -0.1) is 0 Å². The van der Waals surface area contributed by atoms with Gasteiger partial charge in [-0.05, 0) is 119 Å². The van der Waals surface area contributed by atoms with E-state index in [2.05, 4.69) is 216 Å². The minimum absolute atomic E-state index is 0.854. The summed E-state index contributed by atoms with van der Waals surface area (Å²) in [4.78, 5) is 2.38. The lowest BCUT2D eigenvalue weighted by Gasteiger charge is -2.27. The zero-order valence-corrected chi connectivity index (χ0v) is 33.5. The van der Waals surface area contributed by atoms with Crippen LogP contribution in [0.4, 0.5) is 17.1 Å². The van der Waals surface area contributed by atoms with Crippen LogP contribution >= 0.6 is 0 Å². The zero-order chi connectivity index (χ0) is 40.7. The molecule has 0 fully saturated rings. The van der Waals surface area contributed by atoms with E-state index in [0.717, 1.165) is 99.7 Å². The van der Waals surface area contributed by atoms with Crippen molar-refractivity contribution in [2.45, 2.75) is 0 Å². The van der Waals surface area contributed by atoms with Crippen molar-refractivity contribution in [1.82, 2.24) is 4.57 Å². The predicted octanol–water partition coefficient (Wildman–Crippen LogP) is 16.5. The van der Waals surface area contributed by atoms with Gasteiger partial charge in [-0.25, -0.2) is 0 Å². The molecule has 0 N–H and O–H groups in total. The number of para-hydroxylation sites is 3. The number of hydrogen-bond acceptors (Lipinski definition) is 3. The maximum absolute atomic E-state index is 6.73. The number of fused-ring (bicyclic) bond motifs is 11. The zero-order valence-electron chi connectivity index (χ0n) is 33.5. The van der Waals surface area contributed by atoms with Gasteiger partial charge in [-0.2, -0.15) is 0 Å². The SMILES string of the molecule is c1ccc(-n2c3ccccc3c3cc(-c4cccc(N(c5ccc(-c6ccc7oc8ccccc8c7c6)cc5)c5cccc6oc7c8ccccc8ccc7c56)c4)ccc32)cc1. The third kappa shape index (κ3) is 5.33. The van der Waals surface area contributed by atoms with E-state index in [1.165, 1.54) is 21.8 Å². The van der Waals surface area contributed by atoms with E-state index in [0.29, 0.717) is 0 Å². The van der Waals surface area contributed by atoms with E-state index in [-0.39, 0.29) is 0 Å². The molecule has 4 nitrogen and oxygen atoms in total. The lowest BCUT2D eigenvalue weighted by molar-refractivity contribution is 0.669. The molecule has 0 radical (unpaired) electrons. The Morgan fingerprint density at radius 3 is 1.90 bits per heavy atom. The average molecular weight is 793 g/mol. The number of hydrogen-bond donors (Lipinski definition) is 0. The molecular formula is C58H36N2O2. The van der Waals surface area contributed by atoms with Gasteiger partial charge in [-0.3, -0.25) is 0 Å². The van der Waals surface area contributed by atoms with E-state index in [4.69, 9.17) is 8.83 Å². The van der Waals surface area contributed by atoms with Gasteiger partial charge in [0.2, 0.25) is 0 Å². The van der Waals surface area contributed by atoms with Crippen molar-refractivity contribution in [3.8, 4) is 27.9 Å². The van der Waals surface area contributed by atoms with Gasteiger partial charge < -0.3 is 18.3 Å². The van der Waals surface area contributed by atoms with Gasteiger partial charge in [0.1, 0.15) is 22.3 Å². The normalized spacial score (nSPS) is 11.9. The topological polar surface area (TPSA) is 34.5 Å². The highest BCUT2D eigenvalue weighted by Crippen LogP contribution is 2.46. The Kier molecular flexibility index (Phi) is 7.57. The standard InChI is InChI=1S/C58H36N2O2/c1-2-14-42(15-3-1)60-51-20-8-6-18-46(51)49-35-41(27-32-52(49)60)39-13-10-16-44(34-39)59(53-21-11-23-56-57(53)48-31-26-38-12-4-5-17-45(38)58(48)62-56)43-29-24-37(25-30-43)40-28-33-55-50(36-40)47-19-7-9-22-54(47)61-55/h1-36H. The Labute approximate surface area is 356 Å². The Bertz CT molecular complexity index is 3870. The molecule has 10 aromatic carbocycles. The maximum Gasteiger partial charge on any atom is 0.143 e. The molecule has 290 valence electrons. The van der Waals surface area contributed by atoms with Gasteiger partial charge in [0.05, 0.1) is 22.1 Å². The number of nitrogens with zero attached hydrogens (tertiary/aromatic N) is 2. The van der Waals surface area contributed by atoms with E-state index >= 15 is 0 Å². The first-order valence-electron chi connectivity index (χ1n) is 21.1. The number of rotatable bonds is 6. The quantitative estimate of drug-likeness (QED) is 0.168. The predicted molar refractivity (Wildman–Crippen MR) is 258 cm³/mol. The van der Waals surface area contributed by atoms with Gasteiger partial charge in [0.25, 0.3) is 0 Å². The van der Waals surface area contributed by atoms with Crippen molar-refractivity contribution in [3.05, 3.63) is 218 Å². The highest BCUT2D eigenvalue weighted by molar-refractivity contribution is 6.20. The summed E-state index contributed by atoms with van der Waals surface area (Å²) in [6.45, 7) is 0. The van der Waals surface area contributed by atoms with Crippen molar-refractivity contribution in [2.24, 2.45) is 0 Å². The molecule has 0 atom stereocenters. The van der Waals surface area contributed by atoms with Crippen LogP contribution in [0.3, 0.4) is 0 Å². The number of anilines is 3. The molecular weight excluding hydrogens is 757 g/mol. The molecule has 3 aromatic heterocycles. The molecule has 0 aliphatic carbocycles. The summed E-state index contributed by atoms with van der Waals surface area (Å²) < 4.78 is 15.3. The van der Waals surface area contributed by atoms with Gasteiger partial charge in [0, 0.05) is 49.4 Å². The molecule has 0 saturated heterocycles. The minimum Gasteiger partial charge on any atom is -0.456 e. The molecule has 13 aromatic rings. The summed E-state index contributed by atoms with van der Waals surface area (Å²) in [5.41, 5.74) is 14.8. The second-order valence-corrected chi connectivity index (χ2v) is 16.1. The Balaban J connectivity index is 0.982. The highest BCUT2D eigenvalue weighted by atomic mass is 16.3. The van der Waals surface area contributed by atoms with Crippen molar-refractivity contribution < 1.29 is 8.83 Å². The van der Waals surface area contributed by atoms with Crippen LogP contribution in [0, 0.1) is 0 Å². The summed E-state index contributed by atoms with van der Waals surface area (Å²) >= 11 is 0. The molecule has 0 bridgehead atoms. The van der Waals surface area contributed by atoms with Crippen LogP contribution in [0.2, 0.25) is 0 Å². The van der Waals surface area contributed by atoms with E-state index < -0.39 is 0 Å². The van der Waals surface area contributed by atoms with Crippen molar-refractivity contribution in [1.29, 1.82) is 0 Å². The third-order valence-electron chi connectivity index (χ3n) is 12.6. The fraction of sp³-hybridized carbons (Fsp3) is 0. The van der Waals surface area contributed by atoms with Crippen LogP contribution in [0.5, 0.6) is 0 Å². The van der Waals surface area contributed by atoms with Crippen molar-refractivity contribution in [3.63, 3.8) is 0 Å². The van der Waals surface area contributed by atoms with Gasteiger partial charge in [0.15, 0.2) is 0 Å². The first-order valence-corrected chi connectivity index (χ1v) is 21.1. The summed E-state index contributed by atoms with van der Waals surface area (Å²) in [6.07, 6.45) is 0. The highest BCUT2D eigenvalue weighted by Gasteiger charge is 2.22. The second kappa shape index (κ2) is 13.6. The molecule has 0 amide bonds. The molecule has 62 heavy (non-hydrogen) atoms. The lowest BCUT2D eigenvalue weighted by atomic mass is 10.00. The van der Waals surface area contributed by atoms with E-state index in [1.807, 2.05) is 12.1 Å². The molecule has 3 heterocycles. The molecule has 13 rings (SSSR count). The number of furan rings is 2. The second-order valence-electron chi connectivity index (χ2n) is 16.1. The fourth-order valence-electron chi connectivity index (χ4n) is 9.69. The maximum atomic E-state index is 6.73. The summed E-state index contributed by atoms with van der Waals surface area (Å²) in [7, 11) is 0. The van der Waals surface area contributed by atoms with Crippen LogP contribution in [0.1, 0.15) is 0 Å². The van der Waals surface area contributed by atoms with E-state index in [1.54, 1.807) is 0 Å². The smallest absolute Gasteiger partial charge is 0.143 e. The molecule has 4 heteroatoms. The first kappa shape index (κ1) is 34.5. The third-order valence-corrected chi connectivity index (χ3v) is 12.6.